The van der Waals surface area contributed by atoms with Crippen molar-refractivity contribution in [2.75, 3.05) is 0 Å². The summed E-state index contributed by atoms with van der Waals surface area (Å²) in [6, 6.07) is 20.8. The molecule has 2 aromatic carbocycles. The van der Waals surface area contributed by atoms with E-state index in [-0.39, 0.29) is 0 Å². The van der Waals surface area contributed by atoms with Gasteiger partial charge < -0.3 is 0 Å². The standard InChI is InChI=1S/C24H21N5S/c1-16(2)18-11-9-17(10-12-18)15-30-24-26-21-8-4-3-7-20(21)23-27-22(28-29(23)24)19-6-5-13-25-14-19/h3-14,16H,15H2,1-2H3. The van der Waals surface area contributed by atoms with Crippen LogP contribution in [0.1, 0.15) is 30.9 Å². The summed E-state index contributed by atoms with van der Waals surface area (Å²) in [4.78, 5) is 13.9. The largest absolute Gasteiger partial charge is 0.264 e. The molecular weight excluding hydrogens is 390 g/mol. The molecule has 0 radical (unpaired) electrons. The molecule has 0 aliphatic heterocycles. The van der Waals surface area contributed by atoms with Gasteiger partial charge in [-0.1, -0.05) is 62.0 Å². The minimum atomic E-state index is 0.537. The van der Waals surface area contributed by atoms with Gasteiger partial charge in [-0.2, -0.15) is 4.52 Å². The van der Waals surface area contributed by atoms with Gasteiger partial charge >= 0.3 is 0 Å². The Balaban J connectivity index is 1.55. The fourth-order valence-corrected chi connectivity index (χ4v) is 4.29. The van der Waals surface area contributed by atoms with E-state index in [0.717, 1.165) is 33.0 Å². The Morgan fingerprint density at radius 3 is 2.53 bits per heavy atom. The summed E-state index contributed by atoms with van der Waals surface area (Å²) in [6.45, 7) is 4.42. The lowest BCUT2D eigenvalue weighted by atomic mass is 10.0. The van der Waals surface area contributed by atoms with Crippen molar-refractivity contribution in [1.29, 1.82) is 0 Å². The van der Waals surface area contributed by atoms with Crippen LogP contribution in [0.5, 0.6) is 0 Å². The van der Waals surface area contributed by atoms with Gasteiger partial charge in [0, 0.05) is 29.1 Å². The number of benzene rings is 2. The van der Waals surface area contributed by atoms with Crippen molar-refractivity contribution in [3.63, 3.8) is 0 Å². The summed E-state index contributed by atoms with van der Waals surface area (Å²) in [5.41, 5.74) is 5.25. The number of hydrogen-bond donors (Lipinski definition) is 0. The monoisotopic (exact) mass is 411 g/mol. The lowest BCUT2D eigenvalue weighted by molar-refractivity contribution is 0.811. The highest BCUT2D eigenvalue weighted by molar-refractivity contribution is 7.98. The van der Waals surface area contributed by atoms with E-state index in [1.807, 2.05) is 40.9 Å². The molecule has 3 heterocycles. The van der Waals surface area contributed by atoms with Crippen LogP contribution in [0.4, 0.5) is 0 Å². The summed E-state index contributed by atoms with van der Waals surface area (Å²) in [7, 11) is 0. The molecule has 0 bridgehead atoms. The molecular formula is C24H21N5S. The van der Waals surface area contributed by atoms with E-state index in [4.69, 9.17) is 15.1 Å². The van der Waals surface area contributed by atoms with E-state index in [2.05, 4.69) is 43.1 Å². The van der Waals surface area contributed by atoms with Gasteiger partial charge in [-0.25, -0.2) is 9.97 Å². The second-order valence-corrected chi connectivity index (χ2v) is 8.45. The summed E-state index contributed by atoms with van der Waals surface area (Å²) in [5, 5.41) is 6.59. The Kier molecular flexibility index (Phi) is 4.93. The van der Waals surface area contributed by atoms with Crippen molar-refractivity contribution in [3.8, 4) is 11.4 Å². The quantitative estimate of drug-likeness (QED) is 0.272. The van der Waals surface area contributed by atoms with E-state index >= 15 is 0 Å². The van der Waals surface area contributed by atoms with Gasteiger partial charge in [0.05, 0.1) is 5.52 Å². The van der Waals surface area contributed by atoms with Crippen LogP contribution in [0, 0.1) is 0 Å². The van der Waals surface area contributed by atoms with E-state index < -0.39 is 0 Å². The molecule has 3 aromatic heterocycles. The van der Waals surface area contributed by atoms with Gasteiger partial charge in [0.15, 0.2) is 16.6 Å². The third-order valence-electron chi connectivity index (χ3n) is 5.08. The van der Waals surface area contributed by atoms with Crippen LogP contribution in [0.15, 0.2) is 78.2 Å². The van der Waals surface area contributed by atoms with Crippen molar-refractivity contribution < 1.29 is 0 Å². The summed E-state index contributed by atoms with van der Waals surface area (Å²) >= 11 is 1.67. The zero-order valence-electron chi connectivity index (χ0n) is 16.9. The molecule has 30 heavy (non-hydrogen) atoms. The average Bonchev–Trinajstić information content (AvgIpc) is 3.24. The Bertz CT molecular complexity index is 1310. The fourth-order valence-electron chi connectivity index (χ4n) is 3.39. The van der Waals surface area contributed by atoms with E-state index in [9.17, 15) is 0 Å². The maximum absolute atomic E-state index is 4.88. The van der Waals surface area contributed by atoms with Crippen molar-refractivity contribution in [1.82, 2.24) is 24.6 Å². The molecule has 5 nitrogen and oxygen atoms in total. The molecule has 148 valence electrons. The van der Waals surface area contributed by atoms with Gasteiger partial charge in [-0.05, 0) is 41.3 Å². The first-order valence-corrected chi connectivity index (χ1v) is 10.9. The average molecular weight is 412 g/mol. The first kappa shape index (κ1) is 18.8. The van der Waals surface area contributed by atoms with E-state index in [1.165, 1.54) is 11.1 Å². The number of pyridine rings is 1. The zero-order valence-corrected chi connectivity index (χ0v) is 17.7. The normalized spacial score (nSPS) is 11.6. The van der Waals surface area contributed by atoms with Gasteiger partial charge in [-0.3, -0.25) is 4.98 Å². The van der Waals surface area contributed by atoms with Crippen molar-refractivity contribution >= 4 is 28.3 Å². The molecule has 5 rings (SSSR count). The fraction of sp³-hybridized carbons (Fsp3) is 0.167. The lowest BCUT2D eigenvalue weighted by Crippen LogP contribution is -1.98. The molecule has 0 unspecified atom stereocenters. The highest BCUT2D eigenvalue weighted by Gasteiger charge is 2.15. The summed E-state index contributed by atoms with van der Waals surface area (Å²) < 4.78 is 1.86. The van der Waals surface area contributed by atoms with Crippen LogP contribution in [0.25, 0.3) is 27.9 Å². The zero-order chi connectivity index (χ0) is 20.5. The molecule has 0 fully saturated rings. The second-order valence-electron chi connectivity index (χ2n) is 7.51. The highest BCUT2D eigenvalue weighted by atomic mass is 32.2. The number of hydrogen-bond acceptors (Lipinski definition) is 5. The Hall–Kier alpha value is -3.25. The van der Waals surface area contributed by atoms with Crippen molar-refractivity contribution in [2.24, 2.45) is 0 Å². The minimum absolute atomic E-state index is 0.537. The Morgan fingerprint density at radius 1 is 0.933 bits per heavy atom. The first-order chi connectivity index (χ1) is 14.7. The van der Waals surface area contributed by atoms with Gasteiger partial charge in [0.25, 0.3) is 0 Å². The van der Waals surface area contributed by atoms with Crippen molar-refractivity contribution in [2.45, 2.75) is 30.7 Å². The molecule has 0 spiro atoms. The van der Waals surface area contributed by atoms with Crippen LogP contribution >= 0.6 is 11.8 Å². The molecule has 0 aliphatic rings. The number of thioether (sulfide) groups is 1. The van der Waals surface area contributed by atoms with Gasteiger partial charge in [-0.15, -0.1) is 5.10 Å². The molecule has 0 saturated carbocycles. The smallest absolute Gasteiger partial charge is 0.191 e. The number of para-hydroxylation sites is 1. The van der Waals surface area contributed by atoms with Crippen LogP contribution < -0.4 is 0 Å². The Labute approximate surface area is 179 Å². The third kappa shape index (κ3) is 3.55. The minimum Gasteiger partial charge on any atom is -0.264 e. The predicted octanol–water partition coefficient (Wildman–Crippen LogP) is 5.76. The Morgan fingerprint density at radius 2 is 1.77 bits per heavy atom. The topological polar surface area (TPSA) is 56.0 Å². The number of nitrogens with zero attached hydrogens (tertiary/aromatic N) is 5. The summed E-state index contributed by atoms with van der Waals surface area (Å²) in [6.07, 6.45) is 3.54. The maximum atomic E-state index is 4.88. The molecule has 5 aromatic rings. The molecule has 0 aliphatic carbocycles. The van der Waals surface area contributed by atoms with Crippen LogP contribution in [-0.2, 0) is 5.75 Å². The van der Waals surface area contributed by atoms with Crippen molar-refractivity contribution in [3.05, 3.63) is 84.2 Å². The number of rotatable bonds is 5. The molecule has 0 amide bonds. The number of aromatic nitrogens is 5. The maximum Gasteiger partial charge on any atom is 0.191 e. The molecule has 0 saturated heterocycles. The third-order valence-corrected chi connectivity index (χ3v) is 6.08. The lowest BCUT2D eigenvalue weighted by Gasteiger charge is -2.08. The molecule has 0 N–H and O–H groups in total. The SMILES string of the molecule is CC(C)c1ccc(CSc2nc3ccccc3c3nc(-c4cccnc4)nn23)cc1. The molecule has 6 heteroatoms. The van der Waals surface area contributed by atoms with E-state index in [0.29, 0.717) is 11.7 Å². The van der Waals surface area contributed by atoms with Gasteiger partial charge in [0.1, 0.15) is 0 Å². The summed E-state index contributed by atoms with van der Waals surface area (Å²) in [5.74, 6) is 2.01. The van der Waals surface area contributed by atoms with Crippen LogP contribution in [-0.4, -0.2) is 24.6 Å². The molecule has 0 atom stereocenters. The van der Waals surface area contributed by atoms with Gasteiger partial charge in [0.2, 0.25) is 0 Å². The van der Waals surface area contributed by atoms with Crippen LogP contribution in [0.3, 0.4) is 0 Å². The first-order valence-electron chi connectivity index (χ1n) is 9.96. The van der Waals surface area contributed by atoms with E-state index in [1.54, 1.807) is 24.2 Å². The number of fused-ring (bicyclic) bond motifs is 3. The highest BCUT2D eigenvalue weighted by Crippen LogP contribution is 2.28. The predicted molar refractivity (Wildman–Crippen MR) is 122 cm³/mol. The van der Waals surface area contributed by atoms with Crippen LogP contribution in [0.2, 0.25) is 0 Å². The second kappa shape index (κ2) is 7.88.